The molecule has 0 saturated carbocycles. The van der Waals surface area contributed by atoms with Crippen LogP contribution in [0.4, 0.5) is 4.39 Å². The summed E-state index contributed by atoms with van der Waals surface area (Å²) in [5.74, 6) is -0.382. The Labute approximate surface area is 143 Å². The summed E-state index contributed by atoms with van der Waals surface area (Å²) in [5, 5.41) is 2.84. The van der Waals surface area contributed by atoms with E-state index in [1.54, 1.807) is 36.1 Å². The Bertz CT molecular complexity index is 929. The van der Waals surface area contributed by atoms with Crippen LogP contribution in [0.3, 0.4) is 0 Å². The molecule has 0 unspecified atom stereocenters. The van der Waals surface area contributed by atoms with Gasteiger partial charge in [-0.3, -0.25) is 9.59 Å². The molecular formula is C18H17FN4O2. The molecule has 0 spiro atoms. The predicted molar refractivity (Wildman–Crippen MR) is 89.7 cm³/mol. The third kappa shape index (κ3) is 3.50. The van der Waals surface area contributed by atoms with E-state index in [0.717, 1.165) is 0 Å². The molecule has 0 bridgehead atoms. The number of rotatable bonds is 5. The highest BCUT2D eigenvalue weighted by Crippen LogP contribution is 2.22. The van der Waals surface area contributed by atoms with Crippen LogP contribution < -0.4 is 5.32 Å². The smallest absolute Gasteiger partial charge is 0.268 e. The standard InChI is InChI=1S/C18H17FN4O2/c1-11(24)13-9-15(21-10-13)18(25)22-16(17-20-6-7-23(17)2)12-4-3-5-14(19)8-12/h3-10,16,21H,1-2H3,(H,22,25)/t16-/m0/s1. The Morgan fingerprint density at radius 1 is 1.32 bits per heavy atom. The number of aryl methyl sites for hydroxylation is 1. The highest BCUT2D eigenvalue weighted by Gasteiger charge is 2.22. The lowest BCUT2D eigenvalue weighted by molar-refractivity contribution is 0.0936. The average molecular weight is 340 g/mol. The summed E-state index contributed by atoms with van der Waals surface area (Å²) >= 11 is 0. The van der Waals surface area contributed by atoms with Gasteiger partial charge >= 0.3 is 0 Å². The van der Waals surface area contributed by atoms with Crippen molar-refractivity contribution in [3.8, 4) is 0 Å². The summed E-state index contributed by atoms with van der Waals surface area (Å²) in [5.41, 5.74) is 1.24. The number of carbonyl (C=O) groups excluding carboxylic acids is 2. The van der Waals surface area contributed by atoms with Crippen LogP contribution in [0.1, 0.15) is 45.2 Å². The summed E-state index contributed by atoms with van der Waals surface area (Å²) in [6.45, 7) is 1.42. The molecule has 0 saturated heterocycles. The summed E-state index contributed by atoms with van der Waals surface area (Å²) in [6, 6.07) is 6.85. The van der Waals surface area contributed by atoms with Gasteiger partial charge in [0, 0.05) is 31.2 Å². The Balaban J connectivity index is 1.93. The lowest BCUT2D eigenvalue weighted by Crippen LogP contribution is -2.31. The monoisotopic (exact) mass is 340 g/mol. The summed E-state index contributed by atoms with van der Waals surface area (Å²) in [4.78, 5) is 31.0. The third-order valence-electron chi connectivity index (χ3n) is 3.91. The zero-order valence-electron chi connectivity index (χ0n) is 13.8. The van der Waals surface area contributed by atoms with Crippen molar-refractivity contribution in [1.82, 2.24) is 19.9 Å². The van der Waals surface area contributed by atoms with Crippen molar-refractivity contribution >= 4 is 11.7 Å². The number of aromatic nitrogens is 3. The predicted octanol–water partition coefficient (Wildman–Crippen LogP) is 2.61. The lowest BCUT2D eigenvalue weighted by atomic mass is 10.1. The molecule has 1 aromatic carbocycles. The van der Waals surface area contributed by atoms with Crippen LogP contribution in [0, 0.1) is 5.82 Å². The average Bonchev–Trinajstić information content (AvgIpc) is 3.21. The van der Waals surface area contributed by atoms with Gasteiger partial charge in [0.05, 0.1) is 0 Å². The fourth-order valence-corrected chi connectivity index (χ4v) is 2.58. The molecular weight excluding hydrogens is 323 g/mol. The molecule has 25 heavy (non-hydrogen) atoms. The lowest BCUT2D eigenvalue weighted by Gasteiger charge is -2.19. The fourth-order valence-electron chi connectivity index (χ4n) is 2.58. The number of carbonyl (C=O) groups is 2. The number of aromatic amines is 1. The van der Waals surface area contributed by atoms with Crippen LogP contribution in [-0.4, -0.2) is 26.2 Å². The number of H-pyrrole nitrogens is 1. The van der Waals surface area contributed by atoms with Crippen LogP contribution >= 0.6 is 0 Å². The molecule has 3 aromatic rings. The molecule has 0 aliphatic carbocycles. The SMILES string of the molecule is CC(=O)c1c[nH]c(C(=O)N[C@@H](c2cccc(F)c2)c2nccn2C)c1. The summed E-state index contributed by atoms with van der Waals surface area (Å²) in [7, 11) is 1.79. The van der Waals surface area contributed by atoms with Crippen molar-refractivity contribution in [2.45, 2.75) is 13.0 Å². The Kier molecular flexibility index (Phi) is 4.47. The highest BCUT2D eigenvalue weighted by atomic mass is 19.1. The van der Waals surface area contributed by atoms with Crippen molar-refractivity contribution in [3.05, 3.63) is 77.4 Å². The van der Waals surface area contributed by atoms with Gasteiger partial charge in [0.1, 0.15) is 23.4 Å². The van der Waals surface area contributed by atoms with Gasteiger partial charge in [0.2, 0.25) is 0 Å². The van der Waals surface area contributed by atoms with Crippen LogP contribution in [-0.2, 0) is 7.05 Å². The van der Waals surface area contributed by atoms with E-state index in [-0.39, 0.29) is 11.5 Å². The molecule has 128 valence electrons. The van der Waals surface area contributed by atoms with Gasteiger partial charge in [-0.2, -0.15) is 0 Å². The number of hydrogen-bond donors (Lipinski definition) is 2. The van der Waals surface area contributed by atoms with Gasteiger partial charge in [-0.1, -0.05) is 12.1 Å². The molecule has 0 radical (unpaired) electrons. The van der Waals surface area contributed by atoms with Gasteiger partial charge in [0.25, 0.3) is 5.91 Å². The second-order valence-electron chi connectivity index (χ2n) is 5.72. The molecule has 0 aliphatic heterocycles. The number of benzene rings is 1. The maximum Gasteiger partial charge on any atom is 0.268 e. The Hall–Kier alpha value is -3.22. The van der Waals surface area contributed by atoms with E-state index in [1.807, 2.05) is 0 Å². The molecule has 7 heteroatoms. The second-order valence-corrected chi connectivity index (χ2v) is 5.72. The normalized spacial score (nSPS) is 12.0. The largest absolute Gasteiger partial charge is 0.356 e. The second kappa shape index (κ2) is 6.72. The van der Waals surface area contributed by atoms with E-state index < -0.39 is 17.8 Å². The van der Waals surface area contributed by atoms with E-state index in [0.29, 0.717) is 17.0 Å². The van der Waals surface area contributed by atoms with Crippen molar-refractivity contribution in [2.24, 2.45) is 7.05 Å². The van der Waals surface area contributed by atoms with E-state index in [9.17, 15) is 14.0 Å². The third-order valence-corrected chi connectivity index (χ3v) is 3.91. The molecule has 2 N–H and O–H groups in total. The van der Waals surface area contributed by atoms with Crippen molar-refractivity contribution in [2.75, 3.05) is 0 Å². The minimum Gasteiger partial charge on any atom is -0.356 e. The highest BCUT2D eigenvalue weighted by molar-refractivity contribution is 5.99. The van der Waals surface area contributed by atoms with E-state index in [2.05, 4.69) is 15.3 Å². The molecule has 0 fully saturated rings. The van der Waals surface area contributed by atoms with Crippen LogP contribution in [0.5, 0.6) is 0 Å². The van der Waals surface area contributed by atoms with E-state index in [4.69, 9.17) is 0 Å². The maximum atomic E-state index is 13.6. The van der Waals surface area contributed by atoms with Crippen molar-refractivity contribution in [1.29, 1.82) is 0 Å². The first-order valence-corrected chi connectivity index (χ1v) is 7.68. The number of amides is 1. The quantitative estimate of drug-likeness (QED) is 0.701. The van der Waals surface area contributed by atoms with E-state index >= 15 is 0 Å². The summed E-state index contributed by atoms with van der Waals surface area (Å²) < 4.78 is 15.4. The molecule has 3 rings (SSSR count). The zero-order valence-corrected chi connectivity index (χ0v) is 13.8. The van der Waals surface area contributed by atoms with E-state index in [1.165, 1.54) is 31.3 Å². The minimum absolute atomic E-state index is 0.138. The first-order valence-electron chi connectivity index (χ1n) is 7.68. The van der Waals surface area contributed by atoms with Gasteiger partial charge in [-0.25, -0.2) is 9.37 Å². The fraction of sp³-hybridized carbons (Fsp3) is 0.167. The first kappa shape index (κ1) is 16.6. The topological polar surface area (TPSA) is 79.8 Å². The summed E-state index contributed by atoms with van der Waals surface area (Å²) in [6.07, 6.45) is 4.84. The van der Waals surface area contributed by atoms with Crippen LogP contribution in [0.2, 0.25) is 0 Å². The molecule has 6 nitrogen and oxygen atoms in total. The number of hydrogen-bond acceptors (Lipinski definition) is 3. The number of nitrogens with one attached hydrogen (secondary N) is 2. The van der Waals surface area contributed by atoms with Gasteiger partial charge in [0.15, 0.2) is 5.78 Å². The Morgan fingerprint density at radius 3 is 2.72 bits per heavy atom. The van der Waals surface area contributed by atoms with Gasteiger partial charge in [-0.15, -0.1) is 0 Å². The number of imidazole rings is 1. The van der Waals surface area contributed by atoms with Gasteiger partial charge in [-0.05, 0) is 30.7 Å². The van der Waals surface area contributed by atoms with Gasteiger partial charge < -0.3 is 14.9 Å². The van der Waals surface area contributed by atoms with Crippen molar-refractivity contribution < 1.29 is 14.0 Å². The van der Waals surface area contributed by atoms with Crippen LogP contribution in [0.15, 0.2) is 48.9 Å². The minimum atomic E-state index is -0.632. The molecule has 2 heterocycles. The number of nitrogens with zero attached hydrogens (tertiary/aromatic N) is 2. The molecule has 2 aromatic heterocycles. The molecule has 1 atom stereocenters. The Morgan fingerprint density at radius 2 is 2.12 bits per heavy atom. The van der Waals surface area contributed by atoms with Crippen molar-refractivity contribution in [3.63, 3.8) is 0 Å². The number of halogens is 1. The number of ketones is 1. The first-order chi connectivity index (χ1) is 12.0. The molecule has 1 amide bonds. The molecule has 0 aliphatic rings. The van der Waals surface area contributed by atoms with Crippen LogP contribution in [0.25, 0.3) is 0 Å². The maximum absolute atomic E-state index is 13.6. The number of Topliss-reactive ketones (excluding diaryl/α,β-unsaturated/α-hetero) is 1. The zero-order chi connectivity index (χ0) is 18.0.